The molecule has 0 N–H and O–H groups in total. The van der Waals surface area contributed by atoms with Gasteiger partial charge in [0.25, 0.3) is 0 Å². The second-order valence-electron chi connectivity index (χ2n) is 5.45. The molecule has 0 saturated heterocycles. The highest BCUT2D eigenvalue weighted by Gasteiger charge is 2.20. The quantitative estimate of drug-likeness (QED) is 0.730. The molecule has 0 aliphatic heterocycles. The van der Waals surface area contributed by atoms with Crippen LogP contribution in [0.3, 0.4) is 0 Å². The third-order valence-electron chi connectivity index (χ3n) is 4.02. The molecule has 110 valence electrons. The Morgan fingerprint density at radius 3 is 2.62 bits per heavy atom. The van der Waals surface area contributed by atoms with E-state index in [-0.39, 0.29) is 0 Å². The van der Waals surface area contributed by atoms with E-state index >= 15 is 0 Å². The van der Waals surface area contributed by atoms with Crippen molar-refractivity contribution in [3.05, 3.63) is 40.0 Å². The fraction of sp³-hybridized carbons (Fsp3) is 0.375. The van der Waals surface area contributed by atoms with Gasteiger partial charge in [0.05, 0.1) is 16.6 Å². The van der Waals surface area contributed by atoms with Crippen molar-refractivity contribution >= 4 is 29.5 Å². The predicted molar refractivity (Wildman–Crippen MR) is 85.2 cm³/mol. The maximum Gasteiger partial charge on any atom is 0.153 e. The summed E-state index contributed by atoms with van der Waals surface area (Å²) in [4.78, 5) is 11.4. The lowest BCUT2D eigenvalue weighted by Gasteiger charge is -2.21. The van der Waals surface area contributed by atoms with Crippen molar-refractivity contribution in [1.29, 1.82) is 0 Å². The van der Waals surface area contributed by atoms with Crippen LogP contribution in [-0.2, 0) is 0 Å². The van der Waals surface area contributed by atoms with Crippen LogP contribution in [0, 0.1) is 0 Å². The number of benzene rings is 1. The Bertz CT molecular complexity index is 660. The molecule has 3 nitrogen and oxygen atoms in total. The van der Waals surface area contributed by atoms with Crippen molar-refractivity contribution in [2.75, 3.05) is 0 Å². The first kappa shape index (κ1) is 14.6. The van der Waals surface area contributed by atoms with Gasteiger partial charge in [0.15, 0.2) is 6.29 Å². The highest BCUT2D eigenvalue weighted by atomic mass is 35.5. The van der Waals surface area contributed by atoms with Crippen LogP contribution in [0.2, 0.25) is 10.0 Å². The molecule has 2 aromatic rings. The standard InChI is InChI=1S/C16H16Cl2N2O/c17-12-6-7-14(15(18)8-12)16-11(10-21)9-20(19-16)13-4-2-1-3-5-13/h6-10,13H,1-5H2. The summed E-state index contributed by atoms with van der Waals surface area (Å²) >= 11 is 12.2. The average molecular weight is 323 g/mol. The van der Waals surface area contributed by atoms with Gasteiger partial charge in [0, 0.05) is 16.8 Å². The molecule has 1 aliphatic rings. The molecule has 0 amide bonds. The molecule has 1 fully saturated rings. The molecule has 1 heterocycles. The van der Waals surface area contributed by atoms with E-state index in [0.717, 1.165) is 24.7 Å². The van der Waals surface area contributed by atoms with E-state index in [0.29, 0.717) is 27.3 Å². The zero-order valence-corrected chi connectivity index (χ0v) is 13.1. The summed E-state index contributed by atoms with van der Waals surface area (Å²) in [6.45, 7) is 0. The molecule has 0 spiro atoms. The van der Waals surface area contributed by atoms with Crippen molar-refractivity contribution in [3.63, 3.8) is 0 Å². The van der Waals surface area contributed by atoms with Gasteiger partial charge in [-0.2, -0.15) is 5.10 Å². The largest absolute Gasteiger partial charge is 0.298 e. The summed E-state index contributed by atoms with van der Waals surface area (Å²) in [5.41, 5.74) is 1.96. The normalized spacial score (nSPS) is 16.1. The molecule has 1 aromatic carbocycles. The minimum atomic E-state index is 0.386. The molecular formula is C16H16Cl2N2O. The monoisotopic (exact) mass is 322 g/mol. The summed E-state index contributed by atoms with van der Waals surface area (Å²) in [5, 5.41) is 5.71. The number of carbonyl (C=O) groups is 1. The van der Waals surface area contributed by atoms with Gasteiger partial charge in [-0.25, -0.2) is 0 Å². The highest BCUT2D eigenvalue weighted by Crippen LogP contribution is 2.33. The second kappa shape index (κ2) is 6.20. The van der Waals surface area contributed by atoms with Crippen LogP contribution < -0.4 is 0 Å². The lowest BCUT2D eigenvalue weighted by atomic mass is 9.96. The number of aromatic nitrogens is 2. The molecular weight excluding hydrogens is 307 g/mol. The van der Waals surface area contributed by atoms with Gasteiger partial charge in [-0.1, -0.05) is 42.5 Å². The molecule has 1 aliphatic carbocycles. The molecule has 0 radical (unpaired) electrons. The van der Waals surface area contributed by atoms with E-state index in [1.807, 2.05) is 16.9 Å². The van der Waals surface area contributed by atoms with Crippen molar-refractivity contribution in [2.45, 2.75) is 38.1 Å². The fourth-order valence-corrected chi connectivity index (χ4v) is 3.41. The molecule has 1 saturated carbocycles. The molecule has 21 heavy (non-hydrogen) atoms. The Kier molecular flexibility index (Phi) is 4.32. The number of hydrogen-bond acceptors (Lipinski definition) is 2. The van der Waals surface area contributed by atoms with E-state index in [2.05, 4.69) is 5.10 Å². The second-order valence-corrected chi connectivity index (χ2v) is 6.29. The molecule has 1 aromatic heterocycles. The number of halogens is 2. The number of aldehydes is 1. The predicted octanol–water partition coefficient (Wildman–Crippen LogP) is 5.17. The molecule has 5 heteroatoms. The highest BCUT2D eigenvalue weighted by molar-refractivity contribution is 6.36. The van der Waals surface area contributed by atoms with Gasteiger partial charge in [0.2, 0.25) is 0 Å². The van der Waals surface area contributed by atoms with Gasteiger partial charge in [-0.05, 0) is 31.0 Å². The Morgan fingerprint density at radius 2 is 1.95 bits per heavy atom. The van der Waals surface area contributed by atoms with E-state index in [1.165, 1.54) is 19.3 Å². The van der Waals surface area contributed by atoms with Gasteiger partial charge in [-0.15, -0.1) is 0 Å². The lowest BCUT2D eigenvalue weighted by Crippen LogP contribution is -2.13. The van der Waals surface area contributed by atoms with Crippen molar-refractivity contribution in [1.82, 2.24) is 9.78 Å². The third-order valence-corrected chi connectivity index (χ3v) is 4.57. The molecule has 3 rings (SSSR count). The zero-order chi connectivity index (χ0) is 14.8. The number of rotatable bonds is 3. The topological polar surface area (TPSA) is 34.9 Å². The number of hydrogen-bond donors (Lipinski definition) is 0. The third kappa shape index (κ3) is 2.99. The molecule has 0 atom stereocenters. The summed E-state index contributed by atoms with van der Waals surface area (Å²) in [7, 11) is 0. The Balaban J connectivity index is 2.01. The van der Waals surface area contributed by atoms with Crippen LogP contribution in [0.1, 0.15) is 48.5 Å². The Morgan fingerprint density at radius 1 is 1.19 bits per heavy atom. The molecule has 0 bridgehead atoms. The summed E-state index contributed by atoms with van der Waals surface area (Å²) in [5.74, 6) is 0. The van der Waals surface area contributed by atoms with E-state index in [1.54, 1.807) is 12.1 Å². The minimum absolute atomic E-state index is 0.386. The van der Waals surface area contributed by atoms with Crippen LogP contribution in [0.5, 0.6) is 0 Å². The fourth-order valence-electron chi connectivity index (χ4n) is 2.92. The van der Waals surface area contributed by atoms with Crippen LogP contribution >= 0.6 is 23.2 Å². The number of carbonyl (C=O) groups excluding carboxylic acids is 1. The van der Waals surface area contributed by atoms with Crippen LogP contribution in [0.4, 0.5) is 0 Å². The Labute approximate surface area is 133 Å². The zero-order valence-electron chi connectivity index (χ0n) is 11.6. The van der Waals surface area contributed by atoms with Crippen molar-refractivity contribution in [3.8, 4) is 11.3 Å². The van der Waals surface area contributed by atoms with Crippen LogP contribution in [0.15, 0.2) is 24.4 Å². The van der Waals surface area contributed by atoms with Crippen molar-refractivity contribution in [2.24, 2.45) is 0 Å². The maximum atomic E-state index is 11.4. The van der Waals surface area contributed by atoms with Crippen LogP contribution in [0.25, 0.3) is 11.3 Å². The van der Waals surface area contributed by atoms with Gasteiger partial charge in [0.1, 0.15) is 5.69 Å². The van der Waals surface area contributed by atoms with Gasteiger partial charge >= 0.3 is 0 Å². The summed E-state index contributed by atoms with van der Waals surface area (Å²) < 4.78 is 1.93. The minimum Gasteiger partial charge on any atom is -0.298 e. The van der Waals surface area contributed by atoms with E-state index < -0.39 is 0 Å². The summed E-state index contributed by atoms with van der Waals surface area (Å²) in [6.07, 6.45) is 8.64. The number of nitrogens with zero attached hydrogens (tertiary/aromatic N) is 2. The van der Waals surface area contributed by atoms with Gasteiger partial charge < -0.3 is 0 Å². The van der Waals surface area contributed by atoms with Crippen molar-refractivity contribution < 1.29 is 4.79 Å². The van der Waals surface area contributed by atoms with E-state index in [4.69, 9.17) is 23.2 Å². The van der Waals surface area contributed by atoms with E-state index in [9.17, 15) is 4.79 Å². The smallest absolute Gasteiger partial charge is 0.153 e. The first-order chi connectivity index (χ1) is 10.2. The molecule has 0 unspecified atom stereocenters. The maximum absolute atomic E-state index is 11.4. The first-order valence-corrected chi connectivity index (χ1v) is 7.94. The first-order valence-electron chi connectivity index (χ1n) is 7.19. The average Bonchev–Trinajstić information content (AvgIpc) is 2.92. The summed E-state index contributed by atoms with van der Waals surface area (Å²) in [6, 6.07) is 5.63. The SMILES string of the molecule is O=Cc1cn(C2CCCCC2)nc1-c1ccc(Cl)cc1Cl. The Hall–Kier alpha value is -1.32. The lowest BCUT2D eigenvalue weighted by molar-refractivity contribution is 0.112. The van der Waals surface area contributed by atoms with Crippen LogP contribution in [-0.4, -0.2) is 16.1 Å². The van der Waals surface area contributed by atoms with Gasteiger partial charge in [-0.3, -0.25) is 9.48 Å².